The number of hydrogen-bond acceptors (Lipinski definition) is 5. The van der Waals surface area contributed by atoms with Gasteiger partial charge >= 0.3 is 0 Å². The van der Waals surface area contributed by atoms with E-state index in [9.17, 15) is 4.79 Å². The molecular formula is C22H31Cl2N5O. The number of anilines is 1. The minimum absolute atomic E-state index is 0. The molecular weight excluding hydrogens is 421 g/mol. The number of carbonyl (C=O) groups is 1. The van der Waals surface area contributed by atoms with Gasteiger partial charge in [0.15, 0.2) is 0 Å². The van der Waals surface area contributed by atoms with Crippen molar-refractivity contribution in [1.82, 2.24) is 20.1 Å². The molecule has 2 fully saturated rings. The van der Waals surface area contributed by atoms with E-state index in [1.165, 1.54) is 0 Å². The number of piperidine rings is 1. The molecule has 1 aromatic carbocycles. The van der Waals surface area contributed by atoms with E-state index < -0.39 is 0 Å². The molecule has 8 heteroatoms. The molecule has 0 unspecified atom stereocenters. The molecule has 2 aromatic rings. The summed E-state index contributed by atoms with van der Waals surface area (Å²) >= 11 is 0. The number of nitrogen functional groups attached to an aromatic ring is 1. The second-order valence-corrected chi connectivity index (χ2v) is 8.03. The Morgan fingerprint density at radius 2 is 1.70 bits per heavy atom. The van der Waals surface area contributed by atoms with Crippen molar-refractivity contribution in [2.75, 3.05) is 45.5 Å². The summed E-state index contributed by atoms with van der Waals surface area (Å²) in [5.41, 5.74) is 8.55. The number of nitrogens with two attached hydrogens (primary N) is 1. The van der Waals surface area contributed by atoms with Gasteiger partial charge in [0.05, 0.1) is 0 Å². The summed E-state index contributed by atoms with van der Waals surface area (Å²) in [6, 6.07) is 11.6. The fourth-order valence-corrected chi connectivity index (χ4v) is 4.46. The number of rotatable bonds is 2. The van der Waals surface area contributed by atoms with Crippen molar-refractivity contribution in [1.29, 1.82) is 0 Å². The molecule has 6 nitrogen and oxygen atoms in total. The Bertz CT molecular complexity index is 822. The molecule has 2 aliphatic heterocycles. The van der Waals surface area contributed by atoms with Crippen LogP contribution in [-0.4, -0.2) is 66.0 Å². The lowest BCUT2D eigenvalue weighted by atomic mass is 9.86. The average molecular weight is 452 g/mol. The Morgan fingerprint density at radius 1 is 1.03 bits per heavy atom. The van der Waals surface area contributed by atoms with Gasteiger partial charge in [0, 0.05) is 42.5 Å². The Labute approximate surface area is 191 Å². The van der Waals surface area contributed by atoms with Crippen molar-refractivity contribution in [2.45, 2.75) is 24.8 Å². The van der Waals surface area contributed by atoms with Gasteiger partial charge in [-0.2, -0.15) is 0 Å². The highest BCUT2D eigenvalue weighted by atomic mass is 35.5. The van der Waals surface area contributed by atoms with Crippen LogP contribution in [0.2, 0.25) is 0 Å². The van der Waals surface area contributed by atoms with E-state index in [1.54, 1.807) is 12.3 Å². The van der Waals surface area contributed by atoms with Crippen LogP contribution >= 0.6 is 24.8 Å². The molecule has 164 valence electrons. The van der Waals surface area contributed by atoms with Crippen molar-refractivity contribution in [3.63, 3.8) is 0 Å². The Balaban J connectivity index is 0.00000160. The predicted octanol–water partition coefficient (Wildman–Crippen LogP) is 3.07. The maximum absolute atomic E-state index is 13.2. The van der Waals surface area contributed by atoms with Gasteiger partial charge in [-0.15, -0.1) is 24.8 Å². The highest BCUT2D eigenvalue weighted by Crippen LogP contribution is 2.30. The zero-order valence-electron chi connectivity index (χ0n) is 17.3. The summed E-state index contributed by atoms with van der Waals surface area (Å²) in [5, 5.41) is 3.46. The lowest BCUT2D eigenvalue weighted by Gasteiger charge is -2.45. The third kappa shape index (κ3) is 5.06. The van der Waals surface area contributed by atoms with Gasteiger partial charge in [0.1, 0.15) is 5.82 Å². The molecule has 1 aromatic heterocycles. The number of pyridine rings is 1. The number of benzene rings is 1. The Morgan fingerprint density at radius 3 is 2.33 bits per heavy atom. The molecule has 3 N–H and O–H groups in total. The lowest BCUT2D eigenvalue weighted by Crippen LogP contribution is -2.58. The number of hydrogen-bond donors (Lipinski definition) is 2. The van der Waals surface area contributed by atoms with E-state index in [4.69, 9.17) is 5.73 Å². The quantitative estimate of drug-likeness (QED) is 0.733. The number of nitrogens with zero attached hydrogens (tertiary/aromatic N) is 3. The van der Waals surface area contributed by atoms with E-state index in [1.807, 2.05) is 30.3 Å². The summed E-state index contributed by atoms with van der Waals surface area (Å²) in [6.45, 7) is 4.73. The molecule has 2 saturated heterocycles. The minimum atomic E-state index is 0. The van der Waals surface area contributed by atoms with E-state index in [0.717, 1.165) is 68.7 Å². The summed E-state index contributed by atoms with van der Waals surface area (Å²) in [7, 11) is 2.22. The van der Waals surface area contributed by atoms with Gasteiger partial charge in [0.25, 0.3) is 5.91 Å². The molecule has 3 heterocycles. The smallest absolute Gasteiger partial charge is 0.253 e. The van der Waals surface area contributed by atoms with Crippen LogP contribution in [0.15, 0.2) is 42.6 Å². The molecule has 0 atom stereocenters. The van der Waals surface area contributed by atoms with Gasteiger partial charge < -0.3 is 16.0 Å². The maximum atomic E-state index is 13.2. The van der Waals surface area contributed by atoms with Crippen LogP contribution in [0.25, 0.3) is 11.1 Å². The fourth-order valence-electron chi connectivity index (χ4n) is 4.46. The van der Waals surface area contributed by atoms with Gasteiger partial charge in [-0.3, -0.25) is 9.69 Å². The average Bonchev–Trinajstić information content (AvgIpc) is 2.88. The molecule has 0 saturated carbocycles. The number of nitrogens with one attached hydrogen (secondary N) is 1. The van der Waals surface area contributed by atoms with Crippen LogP contribution < -0.4 is 11.1 Å². The van der Waals surface area contributed by atoms with Crippen molar-refractivity contribution in [3.8, 4) is 11.1 Å². The van der Waals surface area contributed by atoms with E-state index in [0.29, 0.717) is 5.82 Å². The van der Waals surface area contributed by atoms with Gasteiger partial charge in [-0.05, 0) is 69.2 Å². The van der Waals surface area contributed by atoms with Crippen LogP contribution in [0.4, 0.5) is 5.82 Å². The van der Waals surface area contributed by atoms with Crippen LogP contribution in [0, 0.1) is 0 Å². The van der Waals surface area contributed by atoms with E-state index in [2.05, 4.69) is 27.1 Å². The highest BCUT2D eigenvalue weighted by Gasteiger charge is 2.40. The van der Waals surface area contributed by atoms with Crippen LogP contribution in [0.5, 0.6) is 0 Å². The summed E-state index contributed by atoms with van der Waals surface area (Å²) in [4.78, 5) is 21.9. The van der Waals surface area contributed by atoms with Crippen molar-refractivity contribution < 1.29 is 4.79 Å². The zero-order chi connectivity index (χ0) is 19.6. The molecule has 0 radical (unpaired) electrons. The molecule has 4 rings (SSSR count). The second kappa shape index (κ2) is 10.4. The molecule has 0 aliphatic carbocycles. The van der Waals surface area contributed by atoms with Crippen molar-refractivity contribution in [2.24, 2.45) is 0 Å². The van der Waals surface area contributed by atoms with Crippen LogP contribution in [-0.2, 0) is 0 Å². The largest absolute Gasteiger partial charge is 0.384 e. The third-order valence-corrected chi connectivity index (χ3v) is 6.29. The first-order valence-corrected chi connectivity index (χ1v) is 10.1. The number of aromatic nitrogens is 1. The van der Waals surface area contributed by atoms with Gasteiger partial charge in [-0.1, -0.05) is 12.1 Å². The third-order valence-electron chi connectivity index (χ3n) is 6.29. The molecule has 0 bridgehead atoms. The maximum Gasteiger partial charge on any atom is 0.253 e. The second-order valence-electron chi connectivity index (χ2n) is 8.03. The van der Waals surface area contributed by atoms with Crippen LogP contribution in [0.1, 0.15) is 29.6 Å². The summed E-state index contributed by atoms with van der Waals surface area (Å²) in [5.74, 6) is 0.642. The van der Waals surface area contributed by atoms with Gasteiger partial charge in [0.2, 0.25) is 0 Å². The molecule has 2 aliphatic rings. The number of carbonyl (C=O) groups excluding carboxylic acids is 1. The van der Waals surface area contributed by atoms with E-state index >= 15 is 0 Å². The monoisotopic (exact) mass is 451 g/mol. The minimum Gasteiger partial charge on any atom is -0.384 e. The first-order chi connectivity index (χ1) is 13.6. The van der Waals surface area contributed by atoms with Crippen molar-refractivity contribution in [3.05, 3.63) is 48.2 Å². The first-order valence-electron chi connectivity index (χ1n) is 10.1. The number of likely N-dealkylation sites (N-methyl/N-ethyl adjacent to an activating group) is 1. The lowest BCUT2D eigenvalue weighted by molar-refractivity contribution is 0.0507. The predicted molar refractivity (Wildman–Crippen MR) is 127 cm³/mol. The topological polar surface area (TPSA) is 74.5 Å². The normalized spacial score (nSPS) is 18.8. The fraction of sp³-hybridized carbons (Fsp3) is 0.455. The van der Waals surface area contributed by atoms with E-state index in [-0.39, 0.29) is 36.3 Å². The number of halogens is 2. The summed E-state index contributed by atoms with van der Waals surface area (Å²) in [6.07, 6.45) is 4.97. The van der Waals surface area contributed by atoms with Gasteiger partial charge in [-0.25, -0.2) is 4.98 Å². The molecule has 1 spiro atoms. The summed E-state index contributed by atoms with van der Waals surface area (Å²) < 4.78 is 0. The SMILES string of the molecule is CN1CCCN(C(=O)c2ccc(-c3ccc(N)nc3)cc2)CC12CCNCC2.Cl.Cl. The van der Waals surface area contributed by atoms with Crippen LogP contribution in [0.3, 0.4) is 0 Å². The first kappa shape index (κ1) is 24.4. The number of amides is 1. The standard InChI is InChI=1S/C22H29N5O.2ClH/c1-26-13-2-14-27(16-22(26)9-11-24-12-10-22)21(28)18-5-3-17(4-6-18)19-7-8-20(23)25-15-19;;/h3-8,15,24H,2,9-14,16H2,1H3,(H2,23,25);2*1H. The Hall–Kier alpha value is -1.86. The molecule has 1 amide bonds. The zero-order valence-corrected chi connectivity index (χ0v) is 19.0. The molecule has 30 heavy (non-hydrogen) atoms. The highest BCUT2D eigenvalue weighted by molar-refractivity contribution is 5.94. The Kier molecular flexibility index (Phi) is 8.50. The van der Waals surface area contributed by atoms with Crippen molar-refractivity contribution >= 4 is 36.5 Å².